The van der Waals surface area contributed by atoms with Gasteiger partial charge in [-0.25, -0.2) is 9.97 Å². The summed E-state index contributed by atoms with van der Waals surface area (Å²) in [7, 11) is 0. The number of imidazole rings is 1. The molecule has 0 amide bonds. The van der Waals surface area contributed by atoms with E-state index in [9.17, 15) is 22.0 Å². The summed E-state index contributed by atoms with van der Waals surface area (Å²) < 4.78 is 65.1. The highest BCUT2D eigenvalue weighted by atomic mass is 79.9. The third-order valence-corrected chi connectivity index (χ3v) is 3.42. The van der Waals surface area contributed by atoms with E-state index >= 15 is 0 Å². The third-order valence-electron chi connectivity index (χ3n) is 2.86. The molecule has 0 unspecified atom stereocenters. The average molecular weight is 372 g/mol. The maximum Gasteiger partial charge on any atom is 0.459 e. The van der Waals surface area contributed by atoms with Crippen LogP contribution in [0.4, 0.5) is 22.0 Å². The van der Waals surface area contributed by atoms with Crippen molar-refractivity contribution in [2.45, 2.75) is 38.3 Å². The van der Waals surface area contributed by atoms with Gasteiger partial charge in [-0.2, -0.15) is 22.0 Å². The van der Waals surface area contributed by atoms with Crippen LogP contribution in [0.5, 0.6) is 0 Å². The standard InChI is InChI=1S/C12H11BrF5N3/c1-10(2,3)7-5-21-8(19-7)4-6(20-9(21)13)11(14,15)12(16,17)18/h4-5H,1-3H3. The van der Waals surface area contributed by atoms with Crippen molar-refractivity contribution < 1.29 is 22.0 Å². The molecule has 2 aromatic rings. The molecule has 0 radical (unpaired) electrons. The van der Waals surface area contributed by atoms with Crippen LogP contribution in [0.15, 0.2) is 17.0 Å². The van der Waals surface area contributed by atoms with Crippen molar-refractivity contribution >= 4 is 21.6 Å². The summed E-state index contributed by atoms with van der Waals surface area (Å²) in [6.07, 6.45) is -4.17. The van der Waals surface area contributed by atoms with Gasteiger partial charge >= 0.3 is 12.1 Å². The van der Waals surface area contributed by atoms with Crippen molar-refractivity contribution in [3.8, 4) is 0 Å². The van der Waals surface area contributed by atoms with Crippen molar-refractivity contribution in [3.05, 3.63) is 28.4 Å². The van der Waals surface area contributed by atoms with Crippen LogP contribution in [-0.2, 0) is 11.3 Å². The molecule has 0 fully saturated rings. The second-order valence-electron chi connectivity index (χ2n) is 5.59. The maximum absolute atomic E-state index is 13.4. The number of halogens is 6. The zero-order chi connectivity index (χ0) is 16.2. The number of aromatic nitrogens is 3. The average Bonchev–Trinajstić information content (AvgIpc) is 2.71. The molecule has 21 heavy (non-hydrogen) atoms. The number of fused-ring (bicyclic) bond motifs is 1. The summed E-state index contributed by atoms with van der Waals surface area (Å²) in [6, 6.07) is 0.646. The Kier molecular flexibility index (Phi) is 3.55. The quantitative estimate of drug-likeness (QED) is 0.547. The van der Waals surface area contributed by atoms with E-state index in [0.29, 0.717) is 11.8 Å². The Morgan fingerprint density at radius 2 is 1.57 bits per heavy atom. The molecule has 0 aromatic carbocycles. The molecule has 2 aromatic heterocycles. The van der Waals surface area contributed by atoms with Crippen LogP contribution in [0.1, 0.15) is 32.2 Å². The van der Waals surface area contributed by atoms with Crippen molar-refractivity contribution in [1.29, 1.82) is 0 Å². The smallest absolute Gasteiger partial charge is 0.278 e. The lowest BCUT2D eigenvalue weighted by molar-refractivity contribution is -0.291. The number of nitrogens with zero attached hydrogens (tertiary/aromatic N) is 3. The van der Waals surface area contributed by atoms with Crippen molar-refractivity contribution in [1.82, 2.24) is 14.4 Å². The van der Waals surface area contributed by atoms with Crippen molar-refractivity contribution in [2.24, 2.45) is 0 Å². The highest BCUT2D eigenvalue weighted by molar-refractivity contribution is 9.10. The van der Waals surface area contributed by atoms with Gasteiger partial charge < -0.3 is 0 Å². The molecule has 0 bridgehead atoms. The van der Waals surface area contributed by atoms with Crippen molar-refractivity contribution in [2.75, 3.05) is 0 Å². The molecule has 9 heteroatoms. The normalized spacial score (nSPS) is 14.0. The first kappa shape index (κ1) is 16.1. The van der Waals surface area contributed by atoms with E-state index in [1.165, 1.54) is 4.40 Å². The summed E-state index contributed by atoms with van der Waals surface area (Å²) >= 11 is 2.90. The van der Waals surface area contributed by atoms with Gasteiger partial charge in [-0.05, 0) is 15.9 Å². The predicted molar refractivity (Wildman–Crippen MR) is 69.3 cm³/mol. The molecule has 0 atom stereocenters. The second kappa shape index (κ2) is 4.62. The van der Waals surface area contributed by atoms with Gasteiger partial charge in [0.25, 0.3) is 0 Å². The lowest BCUT2D eigenvalue weighted by Crippen LogP contribution is -2.34. The molecule has 3 nitrogen and oxygen atoms in total. The Bertz CT molecular complexity index is 684. The van der Waals surface area contributed by atoms with E-state index in [-0.39, 0.29) is 15.8 Å². The highest BCUT2D eigenvalue weighted by Gasteiger charge is 2.60. The van der Waals surface area contributed by atoms with Gasteiger partial charge in [0.05, 0.1) is 5.69 Å². The monoisotopic (exact) mass is 371 g/mol. The molecule has 2 rings (SSSR count). The summed E-state index contributed by atoms with van der Waals surface area (Å²) in [5, 5.41) is 0. The molecule has 0 aliphatic carbocycles. The van der Waals surface area contributed by atoms with Crippen LogP contribution in [0.2, 0.25) is 0 Å². The molecule has 0 saturated carbocycles. The van der Waals surface area contributed by atoms with Crippen LogP contribution in [0.3, 0.4) is 0 Å². The fourth-order valence-corrected chi connectivity index (χ4v) is 2.09. The third kappa shape index (κ3) is 2.75. The van der Waals surface area contributed by atoms with E-state index in [2.05, 4.69) is 25.9 Å². The fourth-order valence-electron chi connectivity index (χ4n) is 1.62. The summed E-state index contributed by atoms with van der Waals surface area (Å²) in [5.41, 5.74) is -1.24. The Morgan fingerprint density at radius 3 is 2.05 bits per heavy atom. The van der Waals surface area contributed by atoms with Gasteiger partial charge in [0.1, 0.15) is 11.3 Å². The van der Waals surface area contributed by atoms with E-state index in [1.807, 2.05) is 20.8 Å². The van der Waals surface area contributed by atoms with Gasteiger partial charge in [-0.3, -0.25) is 4.40 Å². The summed E-state index contributed by atoms with van der Waals surface area (Å²) in [6.45, 7) is 5.55. The van der Waals surface area contributed by atoms with Gasteiger partial charge in [-0.15, -0.1) is 0 Å². The van der Waals surface area contributed by atoms with Crippen LogP contribution in [-0.4, -0.2) is 20.5 Å². The number of hydrogen-bond donors (Lipinski definition) is 0. The Hall–Kier alpha value is -1.25. The molecule has 0 saturated heterocycles. The first-order valence-corrected chi connectivity index (χ1v) is 6.64. The molecule has 0 spiro atoms. The minimum absolute atomic E-state index is 0.0271. The van der Waals surface area contributed by atoms with E-state index in [1.54, 1.807) is 6.20 Å². The zero-order valence-corrected chi connectivity index (χ0v) is 12.9. The van der Waals surface area contributed by atoms with Gasteiger partial charge in [0.15, 0.2) is 4.73 Å². The van der Waals surface area contributed by atoms with E-state index in [4.69, 9.17) is 0 Å². The first-order valence-electron chi connectivity index (χ1n) is 5.85. The van der Waals surface area contributed by atoms with Gasteiger partial charge in [0, 0.05) is 17.7 Å². The predicted octanol–water partition coefficient (Wildman–Crippen LogP) is 4.44. The Balaban J connectivity index is 2.66. The molecule has 0 aliphatic rings. The van der Waals surface area contributed by atoms with Crippen LogP contribution < -0.4 is 0 Å². The minimum Gasteiger partial charge on any atom is -0.278 e. The van der Waals surface area contributed by atoms with E-state index in [0.717, 1.165) is 0 Å². The zero-order valence-electron chi connectivity index (χ0n) is 11.3. The summed E-state index contributed by atoms with van der Waals surface area (Å²) in [5.74, 6) is -5.04. The number of alkyl halides is 5. The molecular weight excluding hydrogens is 361 g/mol. The van der Waals surface area contributed by atoms with Gasteiger partial charge in [0.2, 0.25) is 0 Å². The van der Waals surface area contributed by atoms with Crippen molar-refractivity contribution in [3.63, 3.8) is 0 Å². The fraction of sp³-hybridized carbons (Fsp3) is 0.500. The number of rotatable bonds is 1. The topological polar surface area (TPSA) is 30.2 Å². The molecular formula is C12H11BrF5N3. The van der Waals surface area contributed by atoms with Crippen LogP contribution in [0, 0.1) is 0 Å². The van der Waals surface area contributed by atoms with Crippen LogP contribution in [0.25, 0.3) is 5.65 Å². The lowest BCUT2D eigenvalue weighted by atomic mass is 9.93. The minimum atomic E-state index is -5.71. The van der Waals surface area contributed by atoms with E-state index < -0.39 is 17.8 Å². The largest absolute Gasteiger partial charge is 0.459 e. The highest BCUT2D eigenvalue weighted by Crippen LogP contribution is 2.43. The van der Waals surface area contributed by atoms with Crippen LogP contribution >= 0.6 is 15.9 Å². The Labute approximate surface area is 125 Å². The second-order valence-corrected chi connectivity index (χ2v) is 6.30. The number of hydrogen-bond acceptors (Lipinski definition) is 2. The maximum atomic E-state index is 13.4. The Morgan fingerprint density at radius 1 is 1.00 bits per heavy atom. The first-order chi connectivity index (χ1) is 9.34. The molecule has 2 heterocycles. The SMILES string of the molecule is CC(C)(C)c1cn2c(Br)nc(C(F)(F)C(F)(F)F)cc2n1. The summed E-state index contributed by atoms with van der Waals surface area (Å²) in [4.78, 5) is 7.40. The lowest BCUT2D eigenvalue weighted by Gasteiger charge is -2.19. The molecule has 0 N–H and O–H groups in total. The molecule has 116 valence electrons. The van der Waals surface area contributed by atoms with Gasteiger partial charge in [-0.1, -0.05) is 20.8 Å². The molecule has 0 aliphatic heterocycles.